The quantitative estimate of drug-likeness (QED) is 0.359. The monoisotopic (exact) mass is 364 g/mol. The van der Waals surface area contributed by atoms with Gasteiger partial charge in [0.15, 0.2) is 5.96 Å². The molecule has 1 aromatic heterocycles. The summed E-state index contributed by atoms with van der Waals surface area (Å²) < 4.78 is 11.3. The van der Waals surface area contributed by atoms with Gasteiger partial charge >= 0.3 is 0 Å². The summed E-state index contributed by atoms with van der Waals surface area (Å²) in [5.41, 5.74) is 0. The molecule has 0 aromatic carbocycles. The van der Waals surface area contributed by atoms with E-state index in [-0.39, 0.29) is 6.04 Å². The van der Waals surface area contributed by atoms with E-state index in [0.717, 1.165) is 64.0 Å². The smallest absolute Gasteiger partial charge is 0.191 e. The Hall–Kier alpha value is -1.53. The average Bonchev–Trinajstić information content (AvgIpc) is 3.21. The molecule has 1 aromatic rings. The fraction of sp³-hybridized carbons (Fsp3) is 0.750. The standard InChI is InChI=1S/C20H36N4O2/c1-3-4-14-25-15-9-11-22-20(21-2)23-17-18(19-10-8-16-26-19)24-12-6-5-7-13-24/h8,10,16,18H,3-7,9,11-15,17H2,1-2H3,(H2,21,22,23). The fourth-order valence-electron chi connectivity index (χ4n) is 3.26. The molecule has 2 heterocycles. The van der Waals surface area contributed by atoms with Crippen LogP contribution in [0.25, 0.3) is 0 Å². The summed E-state index contributed by atoms with van der Waals surface area (Å²) in [6, 6.07) is 4.30. The van der Waals surface area contributed by atoms with Crippen molar-refractivity contribution in [2.45, 2.75) is 51.5 Å². The van der Waals surface area contributed by atoms with Crippen LogP contribution in [0.15, 0.2) is 27.8 Å². The number of hydrogen-bond donors (Lipinski definition) is 2. The molecule has 2 N–H and O–H groups in total. The van der Waals surface area contributed by atoms with Crippen LogP contribution in [0.1, 0.15) is 57.3 Å². The van der Waals surface area contributed by atoms with E-state index in [1.165, 1.54) is 25.7 Å². The number of rotatable bonds is 11. The van der Waals surface area contributed by atoms with Crippen LogP contribution < -0.4 is 10.6 Å². The van der Waals surface area contributed by atoms with Gasteiger partial charge in [-0.2, -0.15) is 0 Å². The van der Waals surface area contributed by atoms with Crippen molar-refractivity contribution in [1.82, 2.24) is 15.5 Å². The van der Waals surface area contributed by atoms with Gasteiger partial charge in [-0.25, -0.2) is 0 Å². The molecule has 6 heteroatoms. The molecule has 1 aliphatic rings. The maximum atomic E-state index is 5.70. The first kappa shape index (κ1) is 20.8. The molecular formula is C20H36N4O2. The second-order valence-electron chi connectivity index (χ2n) is 6.83. The Kier molecular flexibility index (Phi) is 10.2. The minimum Gasteiger partial charge on any atom is -0.468 e. The molecule has 0 spiro atoms. The molecule has 1 unspecified atom stereocenters. The van der Waals surface area contributed by atoms with E-state index in [1.807, 2.05) is 13.1 Å². The molecule has 148 valence electrons. The van der Waals surface area contributed by atoms with Crippen LogP contribution in [0.5, 0.6) is 0 Å². The van der Waals surface area contributed by atoms with E-state index in [1.54, 1.807) is 6.26 Å². The lowest BCUT2D eigenvalue weighted by molar-refractivity contribution is 0.129. The van der Waals surface area contributed by atoms with Gasteiger partial charge in [0, 0.05) is 33.4 Å². The number of aliphatic imine (C=N–C) groups is 1. The number of piperidine rings is 1. The third kappa shape index (κ3) is 7.38. The Labute approximate surface area is 158 Å². The largest absolute Gasteiger partial charge is 0.468 e. The molecule has 26 heavy (non-hydrogen) atoms. The number of likely N-dealkylation sites (tertiary alicyclic amines) is 1. The van der Waals surface area contributed by atoms with E-state index in [4.69, 9.17) is 9.15 Å². The molecule has 2 rings (SSSR count). The Morgan fingerprint density at radius 1 is 1.23 bits per heavy atom. The third-order valence-corrected chi connectivity index (χ3v) is 4.79. The van der Waals surface area contributed by atoms with Gasteiger partial charge in [0.1, 0.15) is 5.76 Å². The normalized spacial score (nSPS) is 17.2. The number of unbranched alkanes of at least 4 members (excludes halogenated alkanes) is 1. The van der Waals surface area contributed by atoms with E-state index in [9.17, 15) is 0 Å². The molecule has 1 atom stereocenters. The molecule has 1 aliphatic heterocycles. The SMILES string of the molecule is CCCCOCCCNC(=NC)NCC(c1ccco1)N1CCCCC1. The first-order valence-corrected chi connectivity index (χ1v) is 10.1. The van der Waals surface area contributed by atoms with Gasteiger partial charge in [-0.3, -0.25) is 9.89 Å². The highest BCUT2D eigenvalue weighted by atomic mass is 16.5. The lowest BCUT2D eigenvalue weighted by Gasteiger charge is -2.33. The maximum absolute atomic E-state index is 5.70. The third-order valence-electron chi connectivity index (χ3n) is 4.79. The van der Waals surface area contributed by atoms with Crippen LogP contribution in [-0.4, -0.2) is 57.3 Å². The van der Waals surface area contributed by atoms with Crippen LogP contribution in [0.4, 0.5) is 0 Å². The minimum atomic E-state index is 0.251. The van der Waals surface area contributed by atoms with Gasteiger partial charge in [-0.05, 0) is 50.9 Å². The number of furan rings is 1. The highest BCUT2D eigenvalue weighted by Crippen LogP contribution is 2.24. The Morgan fingerprint density at radius 2 is 2.04 bits per heavy atom. The van der Waals surface area contributed by atoms with Gasteiger partial charge in [0.2, 0.25) is 0 Å². The average molecular weight is 365 g/mol. The molecule has 0 aliphatic carbocycles. The number of hydrogen-bond acceptors (Lipinski definition) is 4. The summed E-state index contributed by atoms with van der Waals surface area (Å²) >= 11 is 0. The lowest BCUT2D eigenvalue weighted by Crippen LogP contribution is -2.44. The molecule has 6 nitrogen and oxygen atoms in total. The van der Waals surface area contributed by atoms with Gasteiger partial charge in [-0.15, -0.1) is 0 Å². The number of nitrogens with zero attached hydrogens (tertiary/aromatic N) is 2. The van der Waals surface area contributed by atoms with Crippen molar-refractivity contribution in [3.8, 4) is 0 Å². The second kappa shape index (κ2) is 12.8. The van der Waals surface area contributed by atoms with Crippen LogP contribution in [0.3, 0.4) is 0 Å². The van der Waals surface area contributed by atoms with Crippen molar-refractivity contribution in [2.75, 3.05) is 46.4 Å². The van der Waals surface area contributed by atoms with E-state index < -0.39 is 0 Å². The van der Waals surface area contributed by atoms with Crippen LogP contribution in [0.2, 0.25) is 0 Å². The van der Waals surface area contributed by atoms with Gasteiger partial charge < -0.3 is 19.8 Å². The lowest BCUT2D eigenvalue weighted by atomic mass is 10.1. The molecule has 0 amide bonds. The van der Waals surface area contributed by atoms with Crippen molar-refractivity contribution in [1.29, 1.82) is 0 Å². The molecular weight excluding hydrogens is 328 g/mol. The number of guanidine groups is 1. The molecule has 1 fully saturated rings. The number of nitrogens with one attached hydrogen (secondary N) is 2. The first-order chi connectivity index (χ1) is 12.8. The van der Waals surface area contributed by atoms with Crippen LogP contribution >= 0.6 is 0 Å². The van der Waals surface area contributed by atoms with Gasteiger partial charge in [-0.1, -0.05) is 19.8 Å². The topological polar surface area (TPSA) is 62.0 Å². The molecule has 0 radical (unpaired) electrons. The van der Waals surface area contributed by atoms with E-state index >= 15 is 0 Å². The Morgan fingerprint density at radius 3 is 2.73 bits per heavy atom. The number of ether oxygens (including phenoxy) is 1. The van der Waals surface area contributed by atoms with Gasteiger partial charge in [0.05, 0.1) is 12.3 Å². The Bertz CT molecular complexity index is 484. The summed E-state index contributed by atoms with van der Waals surface area (Å²) in [4.78, 5) is 6.86. The summed E-state index contributed by atoms with van der Waals surface area (Å²) in [5, 5.41) is 6.84. The van der Waals surface area contributed by atoms with Crippen molar-refractivity contribution in [2.24, 2.45) is 4.99 Å². The van der Waals surface area contributed by atoms with E-state index in [2.05, 4.69) is 33.5 Å². The van der Waals surface area contributed by atoms with Crippen molar-refractivity contribution in [3.63, 3.8) is 0 Å². The summed E-state index contributed by atoms with van der Waals surface area (Å²) in [7, 11) is 1.82. The highest BCUT2D eigenvalue weighted by Gasteiger charge is 2.24. The summed E-state index contributed by atoms with van der Waals surface area (Å²) in [5.74, 6) is 1.87. The second-order valence-corrected chi connectivity index (χ2v) is 6.83. The predicted octanol–water partition coefficient (Wildman–Crippen LogP) is 3.18. The van der Waals surface area contributed by atoms with Crippen molar-refractivity contribution in [3.05, 3.63) is 24.2 Å². The molecule has 0 bridgehead atoms. The first-order valence-electron chi connectivity index (χ1n) is 10.1. The zero-order valence-corrected chi connectivity index (χ0v) is 16.5. The van der Waals surface area contributed by atoms with E-state index in [0.29, 0.717) is 0 Å². The van der Waals surface area contributed by atoms with Gasteiger partial charge in [0.25, 0.3) is 0 Å². The zero-order valence-electron chi connectivity index (χ0n) is 16.5. The summed E-state index contributed by atoms with van der Waals surface area (Å²) in [6.07, 6.45) is 8.93. The fourth-order valence-corrected chi connectivity index (χ4v) is 3.26. The van der Waals surface area contributed by atoms with Crippen molar-refractivity contribution < 1.29 is 9.15 Å². The van der Waals surface area contributed by atoms with Crippen molar-refractivity contribution >= 4 is 5.96 Å². The zero-order chi connectivity index (χ0) is 18.5. The van der Waals surface area contributed by atoms with Crippen LogP contribution in [-0.2, 0) is 4.74 Å². The molecule has 1 saturated heterocycles. The molecule has 0 saturated carbocycles. The van der Waals surface area contributed by atoms with Crippen LogP contribution in [0, 0.1) is 0 Å². The highest BCUT2D eigenvalue weighted by molar-refractivity contribution is 5.79. The predicted molar refractivity (Wildman–Crippen MR) is 107 cm³/mol. The summed E-state index contributed by atoms with van der Waals surface area (Å²) in [6.45, 7) is 7.76. The minimum absolute atomic E-state index is 0.251. The maximum Gasteiger partial charge on any atom is 0.191 e. The Balaban J connectivity index is 1.73.